The summed E-state index contributed by atoms with van der Waals surface area (Å²) in [5.74, 6) is 0.0624. The molecule has 3 aromatic heterocycles. The molecule has 2 aliphatic rings. The fourth-order valence-electron chi connectivity index (χ4n) is 9.95. The van der Waals surface area contributed by atoms with E-state index in [-0.39, 0.29) is 65.6 Å². The van der Waals surface area contributed by atoms with E-state index in [1.807, 2.05) is 63.5 Å². The van der Waals surface area contributed by atoms with E-state index >= 15 is 0 Å². The molecule has 2 fully saturated rings. The third-order valence-electron chi connectivity index (χ3n) is 13.3. The Hall–Kier alpha value is -5.86. The van der Waals surface area contributed by atoms with Crippen LogP contribution in [0.3, 0.4) is 0 Å². The normalized spacial score (nSPS) is 20.2. The van der Waals surface area contributed by atoms with Gasteiger partial charge in [0.05, 0.1) is 50.1 Å². The largest absolute Gasteiger partial charge is 0.489 e. The number of halogens is 1. The summed E-state index contributed by atoms with van der Waals surface area (Å²) >= 11 is 7.83. The summed E-state index contributed by atoms with van der Waals surface area (Å²) < 4.78 is 12.1. The van der Waals surface area contributed by atoms with Gasteiger partial charge in [-0.05, 0) is 74.5 Å². The summed E-state index contributed by atoms with van der Waals surface area (Å²) in [5, 5.41) is 37.5. The van der Waals surface area contributed by atoms with Gasteiger partial charge in [-0.1, -0.05) is 82.6 Å². The van der Waals surface area contributed by atoms with Crippen LogP contribution in [0.25, 0.3) is 10.4 Å². The Balaban J connectivity index is 0.826. The number of carbonyl (C=O) groups is 3. The molecule has 17 heteroatoms. The summed E-state index contributed by atoms with van der Waals surface area (Å²) in [6, 6.07) is 19.2. The predicted molar refractivity (Wildman–Crippen MR) is 262 cm³/mol. The van der Waals surface area contributed by atoms with E-state index in [0.717, 1.165) is 40.4 Å². The Labute approximate surface area is 407 Å². The second-order valence-corrected chi connectivity index (χ2v) is 20.7. The Morgan fingerprint density at radius 2 is 1.76 bits per heavy atom. The number of benzene rings is 2. The van der Waals surface area contributed by atoms with Crippen molar-refractivity contribution in [3.63, 3.8) is 0 Å². The molecule has 5 N–H and O–H groups in total. The van der Waals surface area contributed by atoms with Crippen LogP contribution in [-0.2, 0) is 16.0 Å². The quantitative estimate of drug-likeness (QED) is 0.0502. The van der Waals surface area contributed by atoms with Crippen LogP contribution in [0.1, 0.15) is 112 Å². The van der Waals surface area contributed by atoms with Crippen molar-refractivity contribution < 1.29 is 28.8 Å². The Bertz CT molecular complexity index is 2590. The van der Waals surface area contributed by atoms with Crippen LogP contribution in [0.4, 0.5) is 5.82 Å². The molecule has 68 heavy (non-hydrogen) atoms. The van der Waals surface area contributed by atoms with Crippen LogP contribution in [0.5, 0.6) is 5.75 Å². The number of nitrogens with one attached hydrogen (secondary N) is 4. The lowest BCUT2D eigenvalue weighted by molar-refractivity contribution is -0.164. The van der Waals surface area contributed by atoms with Crippen LogP contribution >= 0.6 is 22.9 Å². The molecular weight excluding hydrogens is 902 g/mol. The number of aryl methyl sites for hydroxylation is 2. The van der Waals surface area contributed by atoms with Crippen molar-refractivity contribution in [1.29, 1.82) is 5.26 Å². The topological polar surface area (TPSA) is 208 Å². The fourth-order valence-corrected chi connectivity index (χ4v) is 11.0. The molecule has 5 aromatic rings. The number of ether oxygens (including phenoxy) is 1. The molecule has 7 rings (SSSR count). The Kier molecular flexibility index (Phi) is 15.6. The third-order valence-corrected chi connectivity index (χ3v) is 14.6. The van der Waals surface area contributed by atoms with E-state index in [2.05, 4.69) is 70.2 Å². The SMILES string of the molecule is Cc1ncsc1-c1ccc([C@H](C)NC(=O)[C@@H]2C[C@@H](O)CN2C(=O)[C@H](c2cc(CCCNCCNc3ccc(C(=O)N[C@H]4C(C)(C)[C@H](Oc5ccc(C#N)c(Cl)c5)C4(C)C)cn3)no2)C(C)C)cc1. The average molecular weight is 965 g/mol. The number of hydrogen-bond acceptors (Lipinski definition) is 13. The number of rotatable bonds is 19. The smallest absolute Gasteiger partial charge is 0.253 e. The van der Waals surface area contributed by atoms with Gasteiger partial charge >= 0.3 is 0 Å². The fraction of sp³-hybridized carbons (Fsp3) is 0.471. The molecule has 3 amide bonds. The summed E-state index contributed by atoms with van der Waals surface area (Å²) in [6.07, 6.45) is 2.11. The number of aliphatic hydroxyl groups excluding tert-OH is 1. The highest BCUT2D eigenvalue weighted by Crippen LogP contribution is 2.55. The number of pyridine rings is 1. The first-order valence-corrected chi connectivity index (χ1v) is 24.5. The lowest BCUT2D eigenvalue weighted by Crippen LogP contribution is -2.74. The van der Waals surface area contributed by atoms with Crippen molar-refractivity contribution in [2.75, 3.05) is 31.5 Å². The number of amides is 3. The molecule has 1 saturated heterocycles. The highest BCUT2D eigenvalue weighted by atomic mass is 35.5. The lowest BCUT2D eigenvalue weighted by Gasteiger charge is -2.63. The van der Waals surface area contributed by atoms with Crippen LogP contribution in [0.2, 0.25) is 5.02 Å². The van der Waals surface area contributed by atoms with Crippen LogP contribution < -0.4 is 26.0 Å². The molecule has 360 valence electrons. The van der Waals surface area contributed by atoms with Crippen molar-refractivity contribution in [3.05, 3.63) is 111 Å². The molecule has 1 aliphatic carbocycles. The first-order valence-electron chi connectivity index (χ1n) is 23.2. The first-order chi connectivity index (χ1) is 32.4. The second-order valence-electron chi connectivity index (χ2n) is 19.5. The number of nitriles is 1. The zero-order chi connectivity index (χ0) is 48.9. The van der Waals surface area contributed by atoms with Gasteiger partial charge in [0.25, 0.3) is 5.91 Å². The molecular formula is C51H62ClN9O6S. The van der Waals surface area contributed by atoms with E-state index in [4.69, 9.17) is 20.9 Å². The number of anilines is 1. The second kappa shape index (κ2) is 21.2. The maximum atomic E-state index is 14.2. The van der Waals surface area contributed by atoms with Crippen molar-refractivity contribution in [2.45, 2.75) is 111 Å². The molecule has 0 spiro atoms. The molecule has 1 aliphatic heterocycles. The third kappa shape index (κ3) is 11.0. The molecule has 4 heterocycles. The number of carbonyl (C=O) groups excluding carboxylic acids is 3. The monoisotopic (exact) mass is 963 g/mol. The van der Waals surface area contributed by atoms with E-state index in [1.165, 1.54) is 4.90 Å². The van der Waals surface area contributed by atoms with Crippen molar-refractivity contribution >= 4 is 46.5 Å². The van der Waals surface area contributed by atoms with E-state index in [9.17, 15) is 24.8 Å². The molecule has 0 bridgehead atoms. The van der Waals surface area contributed by atoms with Gasteiger partial charge in [0, 0.05) is 61.3 Å². The molecule has 15 nitrogen and oxygen atoms in total. The molecule has 0 radical (unpaired) electrons. The van der Waals surface area contributed by atoms with Gasteiger partial charge < -0.3 is 40.5 Å². The highest BCUT2D eigenvalue weighted by Gasteiger charge is 2.64. The Morgan fingerprint density at radius 3 is 2.41 bits per heavy atom. The van der Waals surface area contributed by atoms with Crippen molar-refractivity contribution in [3.8, 4) is 22.3 Å². The van der Waals surface area contributed by atoms with E-state index in [1.54, 1.807) is 47.9 Å². The zero-order valence-electron chi connectivity index (χ0n) is 39.9. The standard InChI is InChI=1S/C51H62ClN9O6S/c1-29(2)43(47(65)61-27-37(62)23-40(61)46(64)58-30(3)32-11-13-33(14-12-32)44-31(4)57-28-68-44)41-22-36(60-67-41)10-9-19-54-20-21-55-42-18-16-35(26-56-42)45(63)59-48-50(5,6)49(51(48,7)8)66-38-17-15-34(25-53)39(52)24-38/h11-18,22,24,26,28-30,37,40,43,48-49,54,62H,9-10,19-21,23,27H2,1-8H3,(H,55,56)(H,58,64)(H,59,63)/t30-,37+,40-,43-,48-,49-/m0/s1. The number of aromatic nitrogens is 3. The average Bonchev–Trinajstić information content (AvgIpc) is 4.07. The number of thiazole rings is 1. The summed E-state index contributed by atoms with van der Waals surface area (Å²) in [7, 11) is 0. The predicted octanol–water partition coefficient (Wildman–Crippen LogP) is 7.85. The highest BCUT2D eigenvalue weighted by molar-refractivity contribution is 7.13. The van der Waals surface area contributed by atoms with Crippen LogP contribution in [0.15, 0.2) is 76.9 Å². The maximum Gasteiger partial charge on any atom is 0.253 e. The van der Waals surface area contributed by atoms with Crippen molar-refractivity contribution in [2.24, 2.45) is 16.7 Å². The van der Waals surface area contributed by atoms with Crippen LogP contribution in [0, 0.1) is 35.0 Å². The number of nitrogens with zero attached hydrogens (tertiary/aromatic N) is 5. The van der Waals surface area contributed by atoms with Gasteiger partial charge in [-0.25, -0.2) is 9.97 Å². The number of aliphatic hydroxyl groups is 1. The van der Waals surface area contributed by atoms with Gasteiger partial charge in [-0.2, -0.15) is 5.26 Å². The molecule has 4 atom stereocenters. The summed E-state index contributed by atoms with van der Waals surface area (Å²) in [5.41, 5.74) is 5.60. The first kappa shape index (κ1) is 50.0. The minimum atomic E-state index is -0.817. The minimum Gasteiger partial charge on any atom is -0.489 e. The zero-order valence-corrected chi connectivity index (χ0v) is 41.5. The van der Waals surface area contributed by atoms with E-state index in [0.29, 0.717) is 53.0 Å². The summed E-state index contributed by atoms with van der Waals surface area (Å²) in [4.78, 5) is 52.6. The molecule has 1 saturated carbocycles. The lowest BCUT2D eigenvalue weighted by atomic mass is 9.49. The van der Waals surface area contributed by atoms with Gasteiger partial charge in [0.2, 0.25) is 11.8 Å². The molecule has 0 unspecified atom stereocenters. The number of hydrogen-bond donors (Lipinski definition) is 5. The van der Waals surface area contributed by atoms with Gasteiger partial charge in [-0.3, -0.25) is 14.4 Å². The summed E-state index contributed by atoms with van der Waals surface area (Å²) in [6.45, 7) is 18.1. The number of likely N-dealkylation sites (tertiary alicyclic amines) is 1. The van der Waals surface area contributed by atoms with Gasteiger partial charge in [-0.15, -0.1) is 11.3 Å². The molecule has 2 aromatic carbocycles. The van der Waals surface area contributed by atoms with Gasteiger partial charge in [0.1, 0.15) is 41.5 Å². The maximum absolute atomic E-state index is 14.2. The van der Waals surface area contributed by atoms with Crippen LogP contribution in [-0.4, -0.2) is 93.3 Å². The van der Waals surface area contributed by atoms with E-state index < -0.39 is 18.1 Å². The number of β-amino-alcohol motifs (C(OH)–C–C–N with tert-alkyl or cyclic N) is 1. The van der Waals surface area contributed by atoms with Gasteiger partial charge in [0.15, 0.2) is 0 Å². The minimum absolute atomic E-state index is 0.0629. The Morgan fingerprint density at radius 1 is 1.01 bits per heavy atom. The van der Waals surface area contributed by atoms with Crippen molar-refractivity contribution in [1.82, 2.24) is 36.0 Å².